The van der Waals surface area contributed by atoms with Crippen molar-refractivity contribution in [1.29, 1.82) is 0 Å². The molecule has 1 rings (SSSR count). The molecule has 1 atom stereocenters. The fraction of sp³-hybridized carbons (Fsp3) is 0.308. The van der Waals surface area contributed by atoms with E-state index in [1.165, 1.54) is 18.2 Å². The molecule has 0 fully saturated rings. The van der Waals surface area contributed by atoms with E-state index in [4.69, 9.17) is 15.9 Å². The van der Waals surface area contributed by atoms with Crippen molar-refractivity contribution in [2.45, 2.75) is 25.3 Å². The summed E-state index contributed by atoms with van der Waals surface area (Å²) < 4.78 is 0.535. The van der Waals surface area contributed by atoms with Gasteiger partial charge in [-0.05, 0) is 47.0 Å². The average Bonchev–Trinajstić information content (AvgIpc) is 2.40. The van der Waals surface area contributed by atoms with Crippen molar-refractivity contribution >= 4 is 39.5 Å². The minimum atomic E-state index is -1.21. The van der Waals surface area contributed by atoms with Gasteiger partial charge in [-0.3, -0.25) is 9.59 Å². The van der Waals surface area contributed by atoms with Crippen LogP contribution in [0.4, 0.5) is 5.69 Å². The second kappa shape index (κ2) is 7.63. The normalized spacial score (nSPS) is 11.7. The van der Waals surface area contributed by atoms with Crippen LogP contribution < -0.4 is 11.1 Å². The van der Waals surface area contributed by atoms with E-state index in [1.54, 1.807) is 0 Å². The Balaban J connectivity index is 2.69. The molecule has 1 aromatic rings. The first-order valence-electron chi connectivity index (χ1n) is 6.11. The Morgan fingerprint density at radius 1 is 1.29 bits per heavy atom. The molecule has 1 aromatic carbocycles. The maximum atomic E-state index is 12.0. The number of amides is 1. The molecular formula is C13H15BrN2O5. The van der Waals surface area contributed by atoms with E-state index in [9.17, 15) is 14.4 Å². The van der Waals surface area contributed by atoms with Crippen molar-refractivity contribution in [1.82, 2.24) is 5.32 Å². The monoisotopic (exact) mass is 358 g/mol. The van der Waals surface area contributed by atoms with Crippen LogP contribution in [-0.2, 0) is 9.59 Å². The van der Waals surface area contributed by atoms with Gasteiger partial charge < -0.3 is 21.3 Å². The average molecular weight is 359 g/mol. The zero-order valence-electron chi connectivity index (χ0n) is 11.0. The van der Waals surface area contributed by atoms with Crippen LogP contribution in [0.5, 0.6) is 0 Å². The van der Waals surface area contributed by atoms with E-state index in [0.717, 1.165) is 0 Å². The van der Waals surface area contributed by atoms with Crippen LogP contribution in [0.15, 0.2) is 22.7 Å². The summed E-state index contributed by atoms with van der Waals surface area (Å²) in [5.41, 5.74) is 6.33. The third-order valence-electron chi connectivity index (χ3n) is 2.75. The van der Waals surface area contributed by atoms with Crippen LogP contribution in [0.3, 0.4) is 0 Å². The highest BCUT2D eigenvalue weighted by Gasteiger charge is 2.21. The SMILES string of the molecule is Nc1ccc(C(=O)N[C@H](CCCC(=O)O)C(=O)O)cc1Br. The predicted molar refractivity (Wildman–Crippen MR) is 78.9 cm³/mol. The number of carbonyl (C=O) groups is 3. The predicted octanol–water partition coefficient (Wildman–Crippen LogP) is 1.47. The quantitative estimate of drug-likeness (QED) is 0.546. The van der Waals surface area contributed by atoms with Crippen molar-refractivity contribution < 1.29 is 24.6 Å². The zero-order valence-corrected chi connectivity index (χ0v) is 12.6. The fourth-order valence-electron chi connectivity index (χ4n) is 1.62. The fourth-order valence-corrected chi connectivity index (χ4v) is 2.00. The Kier molecular flexibility index (Phi) is 6.16. The van der Waals surface area contributed by atoms with Crippen LogP contribution >= 0.6 is 15.9 Å². The van der Waals surface area contributed by atoms with E-state index in [-0.39, 0.29) is 24.8 Å². The lowest BCUT2D eigenvalue weighted by Crippen LogP contribution is -2.40. The lowest BCUT2D eigenvalue weighted by molar-refractivity contribution is -0.140. The smallest absolute Gasteiger partial charge is 0.326 e. The van der Waals surface area contributed by atoms with Crippen LogP contribution in [0.2, 0.25) is 0 Å². The van der Waals surface area contributed by atoms with Crippen LogP contribution in [0, 0.1) is 0 Å². The number of hydrogen-bond acceptors (Lipinski definition) is 4. The van der Waals surface area contributed by atoms with Crippen molar-refractivity contribution in [2.24, 2.45) is 0 Å². The van der Waals surface area contributed by atoms with Gasteiger partial charge >= 0.3 is 11.9 Å². The number of carbonyl (C=O) groups excluding carboxylic acids is 1. The molecule has 114 valence electrons. The van der Waals surface area contributed by atoms with Gasteiger partial charge in [-0.2, -0.15) is 0 Å². The highest BCUT2D eigenvalue weighted by atomic mass is 79.9. The molecule has 0 aliphatic rings. The van der Waals surface area contributed by atoms with Gasteiger partial charge in [0.25, 0.3) is 5.91 Å². The van der Waals surface area contributed by atoms with Crippen molar-refractivity contribution in [2.75, 3.05) is 5.73 Å². The molecule has 7 nitrogen and oxygen atoms in total. The topological polar surface area (TPSA) is 130 Å². The summed E-state index contributed by atoms with van der Waals surface area (Å²) in [6.45, 7) is 0. The van der Waals surface area contributed by atoms with Gasteiger partial charge in [0.05, 0.1) is 0 Å². The van der Waals surface area contributed by atoms with Gasteiger partial charge in [-0.25, -0.2) is 4.79 Å². The van der Waals surface area contributed by atoms with E-state index < -0.39 is 23.9 Å². The second-order valence-electron chi connectivity index (χ2n) is 4.39. The Hall–Kier alpha value is -2.09. The standard InChI is InChI=1S/C13H15BrN2O5/c14-8-6-7(4-5-9(8)15)12(19)16-10(13(20)21)2-1-3-11(17)18/h4-6,10H,1-3,15H2,(H,16,19)(H,17,18)(H,20,21)/t10-/m1/s1. The highest BCUT2D eigenvalue weighted by molar-refractivity contribution is 9.10. The Morgan fingerprint density at radius 2 is 1.95 bits per heavy atom. The number of benzene rings is 1. The molecule has 5 N–H and O–H groups in total. The lowest BCUT2D eigenvalue weighted by atomic mass is 10.1. The number of carboxylic acid groups (broad SMARTS) is 2. The molecule has 0 bridgehead atoms. The minimum Gasteiger partial charge on any atom is -0.481 e. The van der Waals surface area contributed by atoms with Gasteiger partial charge in [-0.15, -0.1) is 0 Å². The molecule has 0 saturated carbocycles. The van der Waals surface area contributed by atoms with Gasteiger partial charge in [0.1, 0.15) is 6.04 Å². The number of nitrogen functional groups attached to an aromatic ring is 1. The number of halogens is 1. The number of anilines is 1. The van der Waals surface area contributed by atoms with E-state index >= 15 is 0 Å². The van der Waals surface area contributed by atoms with Crippen LogP contribution in [0.25, 0.3) is 0 Å². The van der Waals surface area contributed by atoms with Gasteiger partial charge in [0.15, 0.2) is 0 Å². The molecule has 0 aliphatic carbocycles. The molecule has 8 heteroatoms. The highest BCUT2D eigenvalue weighted by Crippen LogP contribution is 2.20. The Labute approximate surface area is 129 Å². The van der Waals surface area contributed by atoms with E-state index in [0.29, 0.717) is 10.2 Å². The number of aliphatic carboxylic acids is 2. The van der Waals surface area contributed by atoms with Gasteiger partial charge in [0.2, 0.25) is 0 Å². The molecule has 0 unspecified atom stereocenters. The summed E-state index contributed by atoms with van der Waals surface area (Å²) in [6, 6.07) is 3.36. The number of rotatable bonds is 7. The number of nitrogens with one attached hydrogen (secondary N) is 1. The molecule has 0 saturated heterocycles. The first kappa shape index (κ1) is 17.0. The first-order valence-corrected chi connectivity index (χ1v) is 6.91. The van der Waals surface area contributed by atoms with Crippen molar-refractivity contribution in [3.8, 4) is 0 Å². The summed E-state index contributed by atoms with van der Waals surface area (Å²) in [4.78, 5) is 33.5. The van der Waals surface area contributed by atoms with Crippen molar-refractivity contribution in [3.63, 3.8) is 0 Å². The minimum absolute atomic E-state index is 0.0452. The zero-order chi connectivity index (χ0) is 16.0. The Morgan fingerprint density at radius 3 is 2.48 bits per heavy atom. The number of nitrogens with two attached hydrogens (primary N) is 1. The molecule has 0 radical (unpaired) electrons. The lowest BCUT2D eigenvalue weighted by Gasteiger charge is -2.14. The van der Waals surface area contributed by atoms with Crippen molar-refractivity contribution in [3.05, 3.63) is 28.2 Å². The molecule has 0 aromatic heterocycles. The molecular weight excluding hydrogens is 344 g/mol. The van der Waals surface area contributed by atoms with Crippen LogP contribution in [-0.4, -0.2) is 34.1 Å². The number of carboxylic acids is 2. The maximum absolute atomic E-state index is 12.0. The Bertz CT molecular complexity index is 561. The third kappa shape index (κ3) is 5.42. The molecule has 1 amide bonds. The summed E-state index contributed by atoms with van der Waals surface area (Å²) in [6.07, 6.45) is 0.0641. The largest absolute Gasteiger partial charge is 0.481 e. The van der Waals surface area contributed by atoms with Crippen LogP contribution in [0.1, 0.15) is 29.6 Å². The van der Waals surface area contributed by atoms with Gasteiger partial charge in [0, 0.05) is 22.1 Å². The third-order valence-corrected chi connectivity index (χ3v) is 3.44. The summed E-state index contributed by atoms with van der Waals surface area (Å²) in [7, 11) is 0. The molecule has 0 spiro atoms. The summed E-state index contributed by atoms with van der Waals surface area (Å²) in [5, 5.41) is 19.9. The van der Waals surface area contributed by atoms with E-state index in [2.05, 4.69) is 21.2 Å². The molecule has 0 heterocycles. The van der Waals surface area contributed by atoms with E-state index in [1.807, 2.05) is 0 Å². The van der Waals surface area contributed by atoms with Gasteiger partial charge in [-0.1, -0.05) is 0 Å². The molecule has 21 heavy (non-hydrogen) atoms. The summed E-state index contributed by atoms with van der Waals surface area (Å²) >= 11 is 3.18. The second-order valence-corrected chi connectivity index (χ2v) is 5.24. The first-order chi connectivity index (χ1) is 9.81. The number of hydrogen-bond donors (Lipinski definition) is 4. The summed E-state index contributed by atoms with van der Waals surface area (Å²) in [5.74, 6) is -2.77. The molecule has 0 aliphatic heterocycles. The maximum Gasteiger partial charge on any atom is 0.326 e.